The number of rotatable bonds is 7. The van der Waals surface area contributed by atoms with Crippen molar-refractivity contribution in [3.8, 4) is 0 Å². The predicted octanol–water partition coefficient (Wildman–Crippen LogP) is 4.57. The molecule has 0 aromatic heterocycles. The molecule has 0 bridgehead atoms. The van der Waals surface area contributed by atoms with Crippen LogP contribution in [0.1, 0.15) is 45.1 Å². The zero-order chi connectivity index (χ0) is 13.6. The van der Waals surface area contributed by atoms with Crippen molar-refractivity contribution in [2.75, 3.05) is 6.54 Å². The van der Waals surface area contributed by atoms with Crippen LogP contribution < -0.4 is 5.73 Å². The summed E-state index contributed by atoms with van der Waals surface area (Å²) in [5.41, 5.74) is 6.63. The van der Waals surface area contributed by atoms with E-state index < -0.39 is 0 Å². The maximum atomic E-state index is 13.8. The molecule has 0 amide bonds. The molecule has 1 aromatic carbocycles. The van der Waals surface area contributed by atoms with Crippen molar-refractivity contribution < 1.29 is 4.39 Å². The molecule has 0 aliphatic heterocycles. The maximum Gasteiger partial charge on any atom is 0.126 e. The van der Waals surface area contributed by atoms with Gasteiger partial charge in [0.1, 0.15) is 5.82 Å². The molecule has 102 valence electrons. The van der Waals surface area contributed by atoms with Crippen LogP contribution in [0, 0.1) is 11.2 Å². The number of hydrogen-bond donors (Lipinski definition) is 1. The molecule has 18 heavy (non-hydrogen) atoms. The number of benzene rings is 1. The zero-order valence-corrected chi connectivity index (χ0v) is 12.1. The highest BCUT2D eigenvalue weighted by atomic mass is 35.5. The van der Waals surface area contributed by atoms with E-state index in [0.29, 0.717) is 23.6 Å². The van der Waals surface area contributed by atoms with Gasteiger partial charge in [-0.15, -0.1) is 0 Å². The molecule has 3 heteroatoms. The largest absolute Gasteiger partial charge is 0.330 e. The molecule has 0 spiro atoms. The van der Waals surface area contributed by atoms with Crippen LogP contribution in [0.3, 0.4) is 0 Å². The Bertz CT molecular complexity index is 375. The molecule has 0 saturated carbocycles. The lowest BCUT2D eigenvalue weighted by molar-refractivity contribution is 0.248. The minimum absolute atomic E-state index is 0.00152. The van der Waals surface area contributed by atoms with Crippen LogP contribution >= 0.6 is 11.6 Å². The summed E-state index contributed by atoms with van der Waals surface area (Å²) >= 11 is 5.94. The fourth-order valence-corrected chi connectivity index (χ4v) is 2.54. The Hall–Kier alpha value is -0.600. The lowest BCUT2D eigenvalue weighted by Crippen LogP contribution is -2.32. The number of halogens is 2. The van der Waals surface area contributed by atoms with Crippen molar-refractivity contribution >= 4 is 11.6 Å². The molecule has 1 rings (SSSR count). The summed E-state index contributed by atoms with van der Waals surface area (Å²) in [6.07, 6.45) is 4.96. The lowest BCUT2D eigenvalue weighted by atomic mass is 9.75. The van der Waals surface area contributed by atoms with Crippen LogP contribution in [0.15, 0.2) is 18.2 Å². The second-order valence-corrected chi connectivity index (χ2v) is 5.51. The normalized spacial score (nSPS) is 14.5. The highest BCUT2D eigenvalue weighted by molar-refractivity contribution is 6.30. The highest BCUT2D eigenvalue weighted by Crippen LogP contribution is 2.33. The molecular weight excluding hydrogens is 249 g/mol. The highest BCUT2D eigenvalue weighted by Gasteiger charge is 2.27. The fourth-order valence-electron chi connectivity index (χ4n) is 2.34. The molecular formula is C15H23ClFN. The van der Waals surface area contributed by atoms with Gasteiger partial charge in [0, 0.05) is 5.02 Å². The van der Waals surface area contributed by atoms with E-state index in [0.717, 1.165) is 25.7 Å². The Morgan fingerprint density at radius 3 is 2.61 bits per heavy atom. The summed E-state index contributed by atoms with van der Waals surface area (Å²) in [6.45, 7) is 4.89. The van der Waals surface area contributed by atoms with Crippen LogP contribution in [0.4, 0.5) is 4.39 Å². The van der Waals surface area contributed by atoms with Gasteiger partial charge in [-0.3, -0.25) is 0 Å². The summed E-state index contributed by atoms with van der Waals surface area (Å²) in [7, 11) is 0. The first-order valence-electron chi connectivity index (χ1n) is 6.71. The quantitative estimate of drug-likeness (QED) is 0.773. The van der Waals surface area contributed by atoms with E-state index in [4.69, 9.17) is 17.3 Å². The molecule has 0 aliphatic rings. The second kappa shape index (κ2) is 7.10. The van der Waals surface area contributed by atoms with E-state index in [-0.39, 0.29) is 11.2 Å². The Morgan fingerprint density at radius 2 is 2.06 bits per heavy atom. The summed E-state index contributed by atoms with van der Waals surface area (Å²) < 4.78 is 13.8. The van der Waals surface area contributed by atoms with Gasteiger partial charge < -0.3 is 5.73 Å². The second-order valence-electron chi connectivity index (χ2n) is 5.07. The van der Waals surface area contributed by atoms with Crippen LogP contribution in [-0.4, -0.2) is 6.54 Å². The average molecular weight is 272 g/mol. The van der Waals surface area contributed by atoms with Gasteiger partial charge in [-0.1, -0.05) is 38.3 Å². The monoisotopic (exact) mass is 271 g/mol. The van der Waals surface area contributed by atoms with Crippen molar-refractivity contribution in [3.05, 3.63) is 34.6 Å². The van der Waals surface area contributed by atoms with Crippen molar-refractivity contribution in [1.82, 2.24) is 0 Å². The van der Waals surface area contributed by atoms with Crippen molar-refractivity contribution in [2.24, 2.45) is 11.1 Å². The summed E-state index contributed by atoms with van der Waals surface area (Å²) in [5, 5.41) is 0.587. The van der Waals surface area contributed by atoms with E-state index in [2.05, 4.69) is 13.8 Å². The minimum atomic E-state index is -0.179. The molecule has 0 fully saturated rings. The third-order valence-electron chi connectivity index (χ3n) is 3.82. The van der Waals surface area contributed by atoms with Crippen LogP contribution in [0.25, 0.3) is 0 Å². The standard InChI is InChI=1S/C15H23ClFN/c1-3-5-8-15(4-2,11-18)10-12-9-13(16)6-7-14(12)17/h6-7,9H,3-5,8,10-11,18H2,1-2H3. The molecule has 1 unspecified atom stereocenters. The molecule has 0 heterocycles. The molecule has 0 aliphatic carbocycles. The lowest BCUT2D eigenvalue weighted by Gasteiger charge is -2.32. The van der Waals surface area contributed by atoms with E-state index >= 15 is 0 Å². The molecule has 2 N–H and O–H groups in total. The van der Waals surface area contributed by atoms with Crippen molar-refractivity contribution in [1.29, 1.82) is 0 Å². The number of nitrogens with two attached hydrogens (primary N) is 1. The number of hydrogen-bond acceptors (Lipinski definition) is 1. The molecule has 1 atom stereocenters. The first-order chi connectivity index (χ1) is 8.56. The van der Waals surface area contributed by atoms with Gasteiger partial charge in [0.05, 0.1) is 0 Å². The third kappa shape index (κ3) is 3.96. The van der Waals surface area contributed by atoms with Gasteiger partial charge >= 0.3 is 0 Å². The maximum absolute atomic E-state index is 13.8. The molecule has 0 saturated heterocycles. The van der Waals surface area contributed by atoms with Gasteiger partial charge in [0.15, 0.2) is 0 Å². The summed E-state index contributed by atoms with van der Waals surface area (Å²) in [5.74, 6) is -0.179. The molecule has 0 radical (unpaired) electrons. The Labute approximate surface area is 115 Å². The summed E-state index contributed by atoms with van der Waals surface area (Å²) in [6, 6.07) is 4.75. The summed E-state index contributed by atoms with van der Waals surface area (Å²) in [4.78, 5) is 0. The van der Waals surface area contributed by atoms with Crippen LogP contribution in [0.5, 0.6) is 0 Å². The van der Waals surface area contributed by atoms with Crippen LogP contribution in [0.2, 0.25) is 5.02 Å². The van der Waals surface area contributed by atoms with Gasteiger partial charge in [-0.2, -0.15) is 0 Å². The third-order valence-corrected chi connectivity index (χ3v) is 4.05. The minimum Gasteiger partial charge on any atom is -0.330 e. The van der Waals surface area contributed by atoms with Gasteiger partial charge in [0.2, 0.25) is 0 Å². The number of unbranched alkanes of at least 4 members (excludes halogenated alkanes) is 1. The van der Waals surface area contributed by atoms with Gasteiger partial charge in [-0.05, 0) is 55.0 Å². The molecule has 1 aromatic rings. The van der Waals surface area contributed by atoms with Gasteiger partial charge in [-0.25, -0.2) is 4.39 Å². The van der Waals surface area contributed by atoms with E-state index in [9.17, 15) is 4.39 Å². The van der Waals surface area contributed by atoms with Crippen molar-refractivity contribution in [2.45, 2.75) is 46.0 Å². The zero-order valence-electron chi connectivity index (χ0n) is 11.3. The fraction of sp³-hybridized carbons (Fsp3) is 0.600. The average Bonchev–Trinajstić information content (AvgIpc) is 2.39. The first kappa shape index (κ1) is 15.5. The smallest absolute Gasteiger partial charge is 0.126 e. The Balaban J connectivity index is 2.91. The molecule has 1 nitrogen and oxygen atoms in total. The van der Waals surface area contributed by atoms with E-state index in [1.165, 1.54) is 6.07 Å². The first-order valence-corrected chi connectivity index (χ1v) is 7.08. The predicted molar refractivity (Wildman–Crippen MR) is 76.4 cm³/mol. The topological polar surface area (TPSA) is 26.0 Å². The van der Waals surface area contributed by atoms with Crippen LogP contribution in [-0.2, 0) is 6.42 Å². The Morgan fingerprint density at radius 1 is 1.33 bits per heavy atom. The Kier molecular flexibility index (Phi) is 6.10. The van der Waals surface area contributed by atoms with Gasteiger partial charge in [0.25, 0.3) is 0 Å². The van der Waals surface area contributed by atoms with E-state index in [1.54, 1.807) is 12.1 Å². The SMILES string of the molecule is CCCCC(CC)(CN)Cc1cc(Cl)ccc1F. The van der Waals surface area contributed by atoms with Crippen molar-refractivity contribution in [3.63, 3.8) is 0 Å². The van der Waals surface area contributed by atoms with E-state index in [1.807, 2.05) is 0 Å².